The number of rotatable bonds is 4. The van der Waals surface area contributed by atoms with Crippen LogP contribution in [0.25, 0.3) is 0 Å². The lowest BCUT2D eigenvalue weighted by atomic mass is 9.71. The summed E-state index contributed by atoms with van der Waals surface area (Å²) in [5.41, 5.74) is 5.34. The highest BCUT2D eigenvalue weighted by atomic mass is 19.1. The fourth-order valence-electron chi connectivity index (χ4n) is 4.82. The third-order valence-electron chi connectivity index (χ3n) is 6.32. The van der Waals surface area contributed by atoms with Crippen molar-refractivity contribution in [2.75, 3.05) is 0 Å². The molecule has 1 heterocycles. The monoisotopic (exact) mass is 417 g/mol. The summed E-state index contributed by atoms with van der Waals surface area (Å²) in [5.74, 6) is 0.404. The molecular weight excluding hydrogens is 393 g/mol. The van der Waals surface area contributed by atoms with E-state index in [1.165, 1.54) is 12.1 Å². The van der Waals surface area contributed by atoms with Gasteiger partial charge in [-0.2, -0.15) is 0 Å². The Hall–Kier alpha value is -3.21. The molecule has 0 amide bonds. The predicted molar refractivity (Wildman–Crippen MR) is 115 cm³/mol. The van der Waals surface area contributed by atoms with Crippen molar-refractivity contribution in [3.05, 3.63) is 88.0 Å². The van der Waals surface area contributed by atoms with Gasteiger partial charge in [0.25, 0.3) is 0 Å². The highest BCUT2D eigenvalue weighted by Crippen LogP contribution is 2.45. The number of nitrogens with one attached hydrogen (secondary N) is 1. The molecule has 1 aliphatic heterocycles. The van der Waals surface area contributed by atoms with Gasteiger partial charge in [0.05, 0.1) is 0 Å². The van der Waals surface area contributed by atoms with Crippen LogP contribution in [0.3, 0.4) is 0 Å². The van der Waals surface area contributed by atoms with Gasteiger partial charge >= 0.3 is 0 Å². The van der Waals surface area contributed by atoms with Gasteiger partial charge in [-0.3, -0.25) is 9.59 Å². The Morgan fingerprint density at radius 2 is 1.39 bits per heavy atom. The van der Waals surface area contributed by atoms with Crippen LogP contribution in [-0.4, -0.2) is 11.6 Å². The molecule has 5 heteroatoms. The Balaban J connectivity index is 1.43. The number of carbonyl (C=O) groups excluding carboxylic acids is 2. The van der Waals surface area contributed by atoms with Crippen molar-refractivity contribution in [1.82, 2.24) is 5.32 Å². The van der Waals surface area contributed by atoms with Crippen LogP contribution in [0.4, 0.5) is 4.39 Å². The minimum Gasteiger partial charge on any atom is -0.489 e. The van der Waals surface area contributed by atoms with Crippen LogP contribution in [0.15, 0.2) is 71.1 Å². The van der Waals surface area contributed by atoms with Crippen molar-refractivity contribution in [2.45, 2.75) is 51.0 Å². The van der Waals surface area contributed by atoms with Crippen molar-refractivity contribution >= 4 is 11.6 Å². The van der Waals surface area contributed by atoms with E-state index in [9.17, 15) is 14.0 Å². The van der Waals surface area contributed by atoms with E-state index in [2.05, 4.69) is 5.32 Å². The third-order valence-corrected chi connectivity index (χ3v) is 6.32. The number of dihydropyridines is 1. The van der Waals surface area contributed by atoms with E-state index in [1.54, 1.807) is 12.1 Å². The van der Waals surface area contributed by atoms with E-state index in [1.807, 2.05) is 24.3 Å². The van der Waals surface area contributed by atoms with Crippen molar-refractivity contribution in [3.8, 4) is 5.75 Å². The fraction of sp³-hybridized carbons (Fsp3) is 0.308. The number of benzene rings is 2. The average Bonchev–Trinajstić information content (AvgIpc) is 2.78. The molecule has 0 unspecified atom stereocenters. The summed E-state index contributed by atoms with van der Waals surface area (Å²) in [5, 5.41) is 3.44. The molecule has 4 nitrogen and oxygen atoms in total. The molecule has 0 fully saturated rings. The molecular formula is C26H24FNO3. The van der Waals surface area contributed by atoms with Gasteiger partial charge in [-0.15, -0.1) is 0 Å². The van der Waals surface area contributed by atoms with Crippen molar-refractivity contribution in [2.24, 2.45) is 0 Å². The Morgan fingerprint density at radius 1 is 0.806 bits per heavy atom. The summed E-state index contributed by atoms with van der Waals surface area (Å²) in [6.45, 7) is 0.342. The molecule has 2 aliphatic carbocycles. The lowest BCUT2D eigenvalue weighted by Crippen LogP contribution is -2.36. The van der Waals surface area contributed by atoms with Gasteiger partial charge in [0.15, 0.2) is 11.6 Å². The van der Waals surface area contributed by atoms with Gasteiger partial charge < -0.3 is 10.1 Å². The molecule has 5 rings (SSSR count). The van der Waals surface area contributed by atoms with E-state index in [-0.39, 0.29) is 23.3 Å². The molecule has 0 saturated heterocycles. The maximum absolute atomic E-state index is 13.1. The van der Waals surface area contributed by atoms with E-state index < -0.39 is 0 Å². The molecule has 0 radical (unpaired) electrons. The summed E-state index contributed by atoms with van der Waals surface area (Å²) >= 11 is 0. The van der Waals surface area contributed by atoms with Crippen LogP contribution in [0.5, 0.6) is 5.75 Å². The summed E-state index contributed by atoms with van der Waals surface area (Å²) in [6, 6.07) is 13.9. The molecule has 158 valence electrons. The van der Waals surface area contributed by atoms with Gasteiger partial charge in [-0.1, -0.05) is 24.3 Å². The van der Waals surface area contributed by atoms with E-state index in [4.69, 9.17) is 4.74 Å². The fourth-order valence-corrected chi connectivity index (χ4v) is 4.82. The quantitative estimate of drug-likeness (QED) is 0.752. The molecule has 0 atom stereocenters. The van der Waals surface area contributed by atoms with Crippen LogP contribution < -0.4 is 10.1 Å². The molecule has 3 aliphatic rings. The maximum Gasteiger partial charge on any atom is 0.161 e. The van der Waals surface area contributed by atoms with Crippen molar-refractivity contribution in [3.63, 3.8) is 0 Å². The van der Waals surface area contributed by atoms with Crippen LogP contribution in [0, 0.1) is 5.82 Å². The van der Waals surface area contributed by atoms with Gasteiger partial charge in [0, 0.05) is 41.3 Å². The number of ketones is 2. The number of allylic oxidation sites excluding steroid dienone is 4. The first-order valence-corrected chi connectivity index (χ1v) is 10.9. The van der Waals surface area contributed by atoms with Crippen LogP contribution in [0.2, 0.25) is 0 Å². The number of ether oxygens (including phenoxy) is 1. The molecule has 0 bridgehead atoms. The van der Waals surface area contributed by atoms with Crippen LogP contribution in [-0.2, 0) is 16.2 Å². The topological polar surface area (TPSA) is 55.4 Å². The predicted octanol–water partition coefficient (Wildman–Crippen LogP) is 5.11. The van der Waals surface area contributed by atoms with E-state index in [0.717, 1.165) is 59.4 Å². The zero-order valence-corrected chi connectivity index (χ0v) is 17.2. The molecule has 2 aromatic rings. The highest BCUT2D eigenvalue weighted by molar-refractivity contribution is 6.06. The summed E-state index contributed by atoms with van der Waals surface area (Å²) < 4.78 is 18.9. The number of hydrogen-bond donors (Lipinski definition) is 1. The average molecular weight is 417 g/mol. The summed E-state index contributed by atoms with van der Waals surface area (Å²) in [7, 11) is 0. The first-order valence-electron chi connectivity index (χ1n) is 10.9. The lowest BCUT2D eigenvalue weighted by molar-refractivity contribution is -0.116. The van der Waals surface area contributed by atoms with Crippen LogP contribution in [0.1, 0.15) is 55.6 Å². The number of Topliss-reactive ketones (excluding diaryl/α,β-unsaturated/α-hetero) is 2. The Kier molecular flexibility index (Phi) is 5.18. The number of halogens is 1. The molecule has 31 heavy (non-hydrogen) atoms. The van der Waals surface area contributed by atoms with Crippen molar-refractivity contribution in [1.29, 1.82) is 0 Å². The van der Waals surface area contributed by atoms with Gasteiger partial charge in [-0.25, -0.2) is 4.39 Å². The molecule has 0 saturated carbocycles. The third kappa shape index (κ3) is 3.80. The second-order valence-corrected chi connectivity index (χ2v) is 8.38. The minimum atomic E-state index is -0.294. The Bertz CT molecular complexity index is 1050. The summed E-state index contributed by atoms with van der Waals surface area (Å²) in [4.78, 5) is 25.7. The Labute approximate surface area is 180 Å². The normalized spacial score (nSPS) is 19.1. The zero-order valence-electron chi connectivity index (χ0n) is 17.2. The first kappa shape index (κ1) is 19.7. The standard InChI is InChI=1S/C26H24FNO3/c27-18-11-7-16(8-12-18)15-31-19-13-9-17(10-14-19)24-25-20(3-1-5-22(25)29)28-21-4-2-6-23(30)26(21)24/h7-14,24,28H,1-6,15H2. The van der Waals surface area contributed by atoms with E-state index in [0.29, 0.717) is 25.2 Å². The second-order valence-electron chi connectivity index (χ2n) is 8.38. The smallest absolute Gasteiger partial charge is 0.161 e. The summed E-state index contributed by atoms with van der Waals surface area (Å²) in [6.07, 6.45) is 4.47. The molecule has 0 aromatic heterocycles. The largest absolute Gasteiger partial charge is 0.489 e. The number of hydrogen-bond acceptors (Lipinski definition) is 4. The van der Waals surface area contributed by atoms with Gasteiger partial charge in [-0.05, 0) is 61.1 Å². The van der Waals surface area contributed by atoms with Crippen molar-refractivity contribution < 1.29 is 18.7 Å². The van der Waals surface area contributed by atoms with Gasteiger partial charge in [0.2, 0.25) is 0 Å². The maximum atomic E-state index is 13.1. The molecule has 0 spiro atoms. The second kappa shape index (κ2) is 8.14. The zero-order chi connectivity index (χ0) is 21.4. The molecule has 2 aromatic carbocycles. The Morgan fingerprint density at radius 3 is 1.97 bits per heavy atom. The molecule has 1 N–H and O–H groups in total. The van der Waals surface area contributed by atoms with Gasteiger partial charge in [0.1, 0.15) is 18.2 Å². The number of carbonyl (C=O) groups is 2. The highest BCUT2D eigenvalue weighted by Gasteiger charge is 2.40. The lowest BCUT2D eigenvalue weighted by Gasteiger charge is -2.37. The first-order chi connectivity index (χ1) is 15.1. The SMILES string of the molecule is O=C1CCCC2=C1C(c1ccc(OCc3ccc(F)cc3)cc1)C1=C(CCCC1=O)N2. The van der Waals surface area contributed by atoms with E-state index >= 15 is 0 Å². The van der Waals surface area contributed by atoms with Crippen LogP contribution >= 0.6 is 0 Å². The minimum absolute atomic E-state index is 0.139.